The van der Waals surface area contributed by atoms with E-state index in [9.17, 15) is 4.79 Å². The Labute approximate surface area is 145 Å². The Balaban J connectivity index is 1.63. The molecule has 1 N–H and O–H groups in total. The highest BCUT2D eigenvalue weighted by Crippen LogP contribution is 2.22. The predicted octanol–water partition coefficient (Wildman–Crippen LogP) is 3.96. The zero-order valence-electron chi connectivity index (χ0n) is 13.7. The lowest BCUT2D eigenvalue weighted by molar-refractivity contribution is 0.102. The molecule has 2 heterocycles. The van der Waals surface area contributed by atoms with Crippen LogP contribution in [-0.2, 0) is 0 Å². The van der Waals surface area contributed by atoms with Gasteiger partial charge in [0.15, 0.2) is 11.5 Å². The van der Waals surface area contributed by atoms with Crippen LogP contribution in [0.1, 0.15) is 15.9 Å². The van der Waals surface area contributed by atoms with Gasteiger partial charge in [-0.3, -0.25) is 9.20 Å². The first kappa shape index (κ1) is 15.1. The average molecular weight is 328 g/mol. The second kappa shape index (κ2) is 6.20. The van der Waals surface area contributed by atoms with Gasteiger partial charge in [0.25, 0.3) is 5.91 Å². The zero-order valence-corrected chi connectivity index (χ0v) is 13.7. The number of hydrogen-bond donors (Lipinski definition) is 1. The Morgan fingerprint density at radius 1 is 0.960 bits per heavy atom. The lowest BCUT2D eigenvalue weighted by atomic mass is 10.1. The van der Waals surface area contributed by atoms with E-state index in [1.54, 1.807) is 0 Å². The maximum absolute atomic E-state index is 12.4. The normalized spacial score (nSPS) is 10.8. The van der Waals surface area contributed by atoms with Crippen LogP contribution in [0.15, 0.2) is 72.9 Å². The fourth-order valence-corrected chi connectivity index (χ4v) is 2.68. The summed E-state index contributed by atoms with van der Waals surface area (Å²) in [5.74, 6) is 0.602. The minimum Gasteiger partial charge on any atom is -0.322 e. The van der Waals surface area contributed by atoms with Crippen molar-refractivity contribution >= 4 is 17.2 Å². The third-order valence-corrected chi connectivity index (χ3v) is 4.01. The molecule has 122 valence electrons. The molecule has 0 saturated carbocycles. The number of amides is 1. The van der Waals surface area contributed by atoms with Gasteiger partial charge in [0.05, 0.1) is 0 Å². The minimum atomic E-state index is -0.136. The summed E-state index contributed by atoms with van der Waals surface area (Å²) in [6.07, 6.45) is 1.92. The topological polar surface area (TPSA) is 59.3 Å². The van der Waals surface area contributed by atoms with Crippen LogP contribution in [0.4, 0.5) is 5.69 Å². The highest BCUT2D eigenvalue weighted by atomic mass is 16.1. The van der Waals surface area contributed by atoms with Crippen LogP contribution >= 0.6 is 0 Å². The Kier molecular flexibility index (Phi) is 3.74. The van der Waals surface area contributed by atoms with E-state index in [0.29, 0.717) is 5.56 Å². The number of aryl methyl sites for hydroxylation is 1. The molecular formula is C20H16N4O. The summed E-state index contributed by atoms with van der Waals surface area (Å²) >= 11 is 0. The van der Waals surface area contributed by atoms with E-state index in [2.05, 4.69) is 15.5 Å². The van der Waals surface area contributed by atoms with Gasteiger partial charge in [-0.05, 0) is 43.3 Å². The first-order chi connectivity index (χ1) is 12.2. The summed E-state index contributed by atoms with van der Waals surface area (Å²) in [7, 11) is 0. The number of nitrogens with zero attached hydrogens (tertiary/aromatic N) is 3. The Hall–Kier alpha value is -3.47. The van der Waals surface area contributed by atoms with Crippen molar-refractivity contribution in [1.82, 2.24) is 14.6 Å². The van der Waals surface area contributed by atoms with Crippen LogP contribution < -0.4 is 5.32 Å². The number of pyridine rings is 1. The summed E-state index contributed by atoms with van der Waals surface area (Å²) in [6.45, 7) is 1.99. The summed E-state index contributed by atoms with van der Waals surface area (Å²) in [5.41, 5.74) is 4.14. The lowest BCUT2D eigenvalue weighted by Gasteiger charge is -2.07. The Bertz CT molecular complexity index is 1050. The number of anilines is 1. The number of carbonyl (C=O) groups is 1. The standard InChI is InChI=1S/C20H16N4O/c1-14-8-10-15(11-9-14)20(25)21-17-6-4-5-16(13-17)19-23-22-18-7-2-3-12-24(18)19/h2-13H,1H3,(H,21,25). The number of carbonyl (C=O) groups excluding carboxylic acids is 1. The van der Waals surface area contributed by atoms with Crippen LogP contribution in [0.5, 0.6) is 0 Å². The van der Waals surface area contributed by atoms with Crippen molar-refractivity contribution in [2.24, 2.45) is 0 Å². The van der Waals surface area contributed by atoms with Crippen molar-refractivity contribution in [2.75, 3.05) is 5.32 Å². The highest BCUT2D eigenvalue weighted by Gasteiger charge is 2.10. The van der Waals surface area contributed by atoms with Crippen molar-refractivity contribution < 1.29 is 4.79 Å². The molecule has 4 rings (SSSR count). The number of hydrogen-bond acceptors (Lipinski definition) is 3. The fraction of sp³-hybridized carbons (Fsp3) is 0.0500. The van der Waals surface area contributed by atoms with E-state index in [1.807, 2.05) is 84.3 Å². The van der Waals surface area contributed by atoms with Crippen LogP contribution in [0.2, 0.25) is 0 Å². The van der Waals surface area contributed by atoms with E-state index in [-0.39, 0.29) is 5.91 Å². The van der Waals surface area contributed by atoms with Crippen molar-refractivity contribution in [3.05, 3.63) is 84.1 Å². The number of aromatic nitrogens is 3. The average Bonchev–Trinajstić information content (AvgIpc) is 3.06. The van der Waals surface area contributed by atoms with Crippen molar-refractivity contribution in [3.63, 3.8) is 0 Å². The molecule has 0 aliphatic carbocycles. The molecule has 0 spiro atoms. The lowest BCUT2D eigenvalue weighted by Crippen LogP contribution is -2.11. The molecule has 2 aromatic carbocycles. The molecule has 0 atom stereocenters. The largest absolute Gasteiger partial charge is 0.322 e. The molecule has 0 radical (unpaired) electrons. The maximum atomic E-state index is 12.4. The molecule has 0 aliphatic rings. The number of benzene rings is 2. The first-order valence-electron chi connectivity index (χ1n) is 7.99. The van der Waals surface area contributed by atoms with Gasteiger partial charge in [0, 0.05) is 23.0 Å². The molecule has 4 aromatic rings. The Morgan fingerprint density at radius 2 is 1.80 bits per heavy atom. The van der Waals surface area contributed by atoms with Gasteiger partial charge >= 0.3 is 0 Å². The van der Waals surface area contributed by atoms with Crippen LogP contribution in [-0.4, -0.2) is 20.5 Å². The maximum Gasteiger partial charge on any atom is 0.255 e. The molecule has 0 saturated heterocycles. The van der Waals surface area contributed by atoms with E-state index >= 15 is 0 Å². The first-order valence-corrected chi connectivity index (χ1v) is 7.99. The van der Waals surface area contributed by atoms with Crippen molar-refractivity contribution in [2.45, 2.75) is 6.92 Å². The summed E-state index contributed by atoms with van der Waals surface area (Å²) in [5, 5.41) is 11.4. The Morgan fingerprint density at radius 3 is 2.64 bits per heavy atom. The van der Waals surface area contributed by atoms with Crippen LogP contribution in [0.25, 0.3) is 17.0 Å². The van der Waals surface area contributed by atoms with Gasteiger partial charge in [-0.1, -0.05) is 35.9 Å². The molecular weight excluding hydrogens is 312 g/mol. The zero-order chi connectivity index (χ0) is 17.2. The summed E-state index contributed by atoms with van der Waals surface area (Å²) in [6, 6.07) is 20.8. The molecule has 25 heavy (non-hydrogen) atoms. The van der Waals surface area contributed by atoms with Crippen molar-refractivity contribution in [1.29, 1.82) is 0 Å². The van der Waals surface area contributed by atoms with Gasteiger partial charge in [0.2, 0.25) is 0 Å². The highest BCUT2D eigenvalue weighted by molar-refractivity contribution is 6.04. The fourth-order valence-electron chi connectivity index (χ4n) is 2.68. The smallest absolute Gasteiger partial charge is 0.255 e. The van der Waals surface area contributed by atoms with E-state index in [4.69, 9.17) is 0 Å². The molecule has 5 nitrogen and oxygen atoms in total. The van der Waals surface area contributed by atoms with Crippen LogP contribution in [0.3, 0.4) is 0 Å². The molecule has 5 heteroatoms. The van der Waals surface area contributed by atoms with E-state index in [1.165, 1.54) is 0 Å². The molecule has 0 fully saturated rings. The molecule has 1 amide bonds. The SMILES string of the molecule is Cc1ccc(C(=O)Nc2cccc(-c3nnc4ccccn34)c2)cc1. The summed E-state index contributed by atoms with van der Waals surface area (Å²) in [4.78, 5) is 12.4. The molecule has 0 unspecified atom stereocenters. The third-order valence-electron chi connectivity index (χ3n) is 4.01. The van der Waals surface area contributed by atoms with E-state index in [0.717, 1.165) is 28.3 Å². The second-order valence-electron chi connectivity index (χ2n) is 5.85. The molecule has 0 aliphatic heterocycles. The van der Waals surface area contributed by atoms with Crippen molar-refractivity contribution in [3.8, 4) is 11.4 Å². The minimum absolute atomic E-state index is 0.136. The predicted molar refractivity (Wildman–Crippen MR) is 97.6 cm³/mol. The monoisotopic (exact) mass is 328 g/mol. The van der Waals surface area contributed by atoms with Gasteiger partial charge in [-0.2, -0.15) is 0 Å². The second-order valence-corrected chi connectivity index (χ2v) is 5.85. The van der Waals surface area contributed by atoms with Gasteiger partial charge in [-0.25, -0.2) is 0 Å². The number of nitrogens with one attached hydrogen (secondary N) is 1. The van der Waals surface area contributed by atoms with Gasteiger partial charge in [0.1, 0.15) is 0 Å². The van der Waals surface area contributed by atoms with Gasteiger partial charge in [-0.15, -0.1) is 10.2 Å². The van der Waals surface area contributed by atoms with Crippen LogP contribution in [0, 0.1) is 6.92 Å². The summed E-state index contributed by atoms with van der Waals surface area (Å²) < 4.78 is 1.92. The number of fused-ring (bicyclic) bond motifs is 1. The third kappa shape index (κ3) is 2.99. The van der Waals surface area contributed by atoms with E-state index < -0.39 is 0 Å². The molecule has 0 bridgehead atoms. The molecule has 2 aromatic heterocycles. The number of rotatable bonds is 3. The van der Waals surface area contributed by atoms with Gasteiger partial charge < -0.3 is 5.32 Å². The quantitative estimate of drug-likeness (QED) is 0.619.